The number of likely N-dealkylation sites (tertiary alicyclic amines) is 1. The van der Waals surface area contributed by atoms with Crippen molar-refractivity contribution in [1.29, 1.82) is 0 Å². The maximum Gasteiger partial charge on any atom is 0.421 e. The number of benzene rings is 3. The summed E-state index contributed by atoms with van der Waals surface area (Å²) < 4.78 is 5.70. The number of hydrogen-bond acceptors (Lipinski definition) is 4. The first-order valence-corrected chi connectivity index (χ1v) is 10.8. The molecule has 1 fully saturated rings. The molecular weight excluding hydrogens is 386 g/mol. The van der Waals surface area contributed by atoms with Gasteiger partial charge in [-0.25, -0.2) is 10.2 Å². The van der Waals surface area contributed by atoms with Crippen LogP contribution in [0, 0.1) is 0 Å². The molecule has 31 heavy (non-hydrogen) atoms. The van der Waals surface area contributed by atoms with Gasteiger partial charge in [0, 0.05) is 13.1 Å². The molecule has 0 radical (unpaired) electrons. The highest BCUT2D eigenvalue weighted by Crippen LogP contribution is 2.36. The molecule has 0 aliphatic carbocycles. The number of ether oxygens (including phenoxy) is 1. The van der Waals surface area contributed by atoms with E-state index >= 15 is 0 Å². The smallest absolute Gasteiger partial charge is 0.421 e. The second-order valence-corrected chi connectivity index (χ2v) is 8.01. The molecule has 1 aliphatic heterocycles. The second-order valence-electron chi connectivity index (χ2n) is 8.01. The number of hydrazine groups is 1. The molecule has 0 aromatic heterocycles. The fourth-order valence-electron chi connectivity index (χ4n) is 4.21. The van der Waals surface area contributed by atoms with Gasteiger partial charge in [-0.1, -0.05) is 91.0 Å². The predicted molar refractivity (Wildman–Crippen MR) is 122 cm³/mol. The van der Waals surface area contributed by atoms with Gasteiger partial charge in [0.05, 0.1) is 0 Å². The predicted octanol–water partition coefficient (Wildman–Crippen LogP) is 4.30. The van der Waals surface area contributed by atoms with Crippen molar-refractivity contribution in [1.82, 2.24) is 15.8 Å². The molecule has 0 atom stereocenters. The Bertz CT molecular complexity index is 859. The van der Waals surface area contributed by atoms with Gasteiger partial charge in [-0.15, -0.1) is 0 Å². The molecule has 160 valence electrons. The topological polar surface area (TPSA) is 53.6 Å². The van der Waals surface area contributed by atoms with E-state index in [1.54, 1.807) is 0 Å². The van der Waals surface area contributed by atoms with Gasteiger partial charge in [0.15, 0.2) is 0 Å². The second kappa shape index (κ2) is 9.77. The van der Waals surface area contributed by atoms with Crippen molar-refractivity contribution in [3.8, 4) is 0 Å². The quantitative estimate of drug-likeness (QED) is 0.466. The Morgan fingerprint density at radius 2 is 1.23 bits per heavy atom. The Morgan fingerprint density at radius 1 is 0.806 bits per heavy atom. The van der Waals surface area contributed by atoms with Crippen molar-refractivity contribution in [2.24, 2.45) is 0 Å². The number of nitrogens with one attached hydrogen (secondary N) is 2. The summed E-state index contributed by atoms with van der Waals surface area (Å²) in [6.45, 7) is 1.88. The molecule has 0 saturated carbocycles. The van der Waals surface area contributed by atoms with Crippen LogP contribution < -0.4 is 10.9 Å². The molecular formula is C26H29N3O2. The summed E-state index contributed by atoms with van der Waals surface area (Å²) in [6, 6.07) is 30.4. The van der Waals surface area contributed by atoms with Gasteiger partial charge in [-0.2, -0.15) is 0 Å². The zero-order chi connectivity index (χ0) is 21.5. The average Bonchev–Trinajstić information content (AvgIpc) is 2.83. The lowest BCUT2D eigenvalue weighted by atomic mass is 9.77. The lowest BCUT2D eigenvalue weighted by Crippen LogP contribution is -2.54. The maximum atomic E-state index is 12.7. The Hall–Kier alpha value is -3.15. The van der Waals surface area contributed by atoms with Crippen LogP contribution in [0.5, 0.6) is 0 Å². The number of rotatable bonds is 6. The SMILES string of the molecule is CN1CCC(OC(=O)NNC(c2ccccc2)(c2ccccc2)c2ccccc2)CC1. The minimum Gasteiger partial charge on any atom is -0.445 e. The van der Waals surface area contributed by atoms with Gasteiger partial charge in [-0.3, -0.25) is 5.43 Å². The minimum atomic E-state index is -0.768. The van der Waals surface area contributed by atoms with Gasteiger partial charge >= 0.3 is 6.09 Å². The van der Waals surface area contributed by atoms with E-state index in [1.807, 2.05) is 54.6 Å². The summed E-state index contributed by atoms with van der Waals surface area (Å²) in [5, 5.41) is 0. The summed E-state index contributed by atoms with van der Waals surface area (Å²) in [7, 11) is 2.09. The van der Waals surface area contributed by atoms with Crippen LogP contribution in [0.3, 0.4) is 0 Å². The molecule has 1 amide bonds. The molecule has 1 aliphatic rings. The van der Waals surface area contributed by atoms with Gasteiger partial charge in [0.1, 0.15) is 11.6 Å². The van der Waals surface area contributed by atoms with Crippen molar-refractivity contribution < 1.29 is 9.53 Å². The van der Waals surface area contributed by atoms with Crippen LogP contribution in [-0.4, -0.2) is 37.2 Å². The number of hydrogen-bond donors (Lipinski definition) is 2. The third-order valence-electron chi connectivity index (χ3n) is 5.91. The molecule has 1 saturated heterocycles. The van der Waals surface area contributed by atoms with Crippen molar-refractivity contribution >= 4 is 6.09 Å². The molecule has 0 bridgehead atoms. The van der Waals surface area contributed by atoms with Gasteiger partial charge in [0.25, 0.3) is 0 Å². The van der Waals surface area contributed by atoms with Crippen LogP contribution in [0.1, 0.15) is 29.5 Å². The van der Waals surface area contributed by atoms with E-state index in [4.69, 9.17) is 4.74 Å². The molecule has 0 unspecified atom stereocenters. The Labute approximate surface area is 184 Å². The van der Waals surface area contributed by atoms with Crippen molar-refractivity contribution in [2.75, 3.05) is 20.1 Å². The van der Waals surface area contributed by atoms with Crippen molar-refractivity contribution in [2.45, 2.75) is 24.5 Å². The zero-order valence-corrected chi connectivity index (χ0v) is 17.8. The number of carbonyl (C=O) groups is 1. The lowest BCUT2D eigenvalue weighted by Gasteiger charge is -2.37. The normalized spacial score (nSPS) is 15.4. The summed E-state index contributed by atoms with van der Waals surface area (Å²) in [4.78, 5) is 15.0. The Morgan fingerprint density at radius 3 is 1.65 bits per heavy atom. The van der Waals surface area contributed by atoms with Gasteiger partial charge in [0.2, 0.25) is 0 Å². The van der Waals surface area contributed by atoms with Gasteiger partial charge < -0.3 is 9.64 Å². The summed E-state index contributed by atoms with van der Waals surface area (Å²) in [5.74, 6) is 0. The summed E-state index contributed by atoms with van der Waals surface area (Å²) in [5.41, 5.74) is 8.49. The molecule has 5 nitrogen and oxygen atoms in total. The summed E-state index contributed by atoms with van der Waals surface area (Å²) in [6.07, 6.45) is 1.19. The largest absolute Gasteiger partial charge is 0.445 e. The average molecular weight is 416 g/mol. The van der Waals surface area contributed by atoms with Crippen LogP contribution >= 0.6 is 0 Å². The van der Waals surface area contributed by atoms with Crippen LogP contribution in [0.15, 0.2) is 91.0 Å². The highest BCUT2D eigenvalue weighted by molar-refractivity contribution is 5.67. The van der Waals surface area contributed by atoms with Crippen molar-refractivity contribution in [3.05, 3.63) is 108 Å². The molecule has 3 aromatic rings. The third-order valence-corrected chi connectivity index (χ3v) is 5.91. The number of piperidine rings is 1. The maximum absolute atomic E-state index is 12.7. The molecule has 5 heteroatoms. The fourth-order valence-corrected chi connectivity index (χ4v) is 4.21. The molecule has 4 rings (SSSR count). The van der Waals surface area contributed by atoms with Crippen molar-refractivity contribution in [3.63, 3.8) is 0 Å². The standard InChI is InChI=1S/C26H29N3O2/c1-29-19-17-24(18-20-29)31-25(30)27-28-26(21-11-5-2-6-12-21,22-13-7-3-8-14-22)23-15-9-4-10-16-23/h2-16,24,28H,17-20H2,1H3,(H,27,30). The number of carbonyl (C=O) groups excluding carboxylic acids is 1. The zero-order valence-electron chi connectivity index (χ0n) is 17.8. The molecule has 1 heterocycles. The highest BCUT2D eigenvalue weighted by atomic mass is 16.6. The molecule has 3 aromatic carbocycles. The van der Waals surface area contributed by atoms with Gasteiger partial charge in [-0.05, 0) is 36.6 Å². The van der Waals surface area contributed by atoms with E-state index in [2.05, 4.69) is 59.2 Å². The van der Waals surface area contributed by atoms with Crippen LogP contribution in [0.25, 0.3) is 0 Å². The first-order chi connectivity index (χ1) is 15.2. The third kappa shape index (κ3) is 4.79. The van der Waals surface area contributed by atoms with E-state index < -0.39 is 11.6 Å². The lowest BCUT2D eigenvalue weighted by molar-refractivity contribution is 0.0532. The van der Waals surface area contributed by atoms with E-state index in [0.29, 0.717) is 0 Å². The van der Waals surface area contributed by atoms with E-state index in [1.165, 1.54) is 0 Å². The minimum absolute atomic E-state index is 0.0578. The van der Waals surface area contributed by atoms with Crippen LogP contribution in [0.4, 0.5) is 4.79 Å². The Balaban J connectivity index is 1.65. The number of nitrogens with zero attached hydrogens (tertiary/aromatic N) is 1. The van der Waals surface area contributed by atoms with Crippen LogP contribution in [-0.2, 0) is 10.3 Å². The Kier molecular flexibility index (Phi) is 6.65. The van der Waals surface area contributed by atoms with E-state index in [0.717, 1.165) is 42.6 Å². The van der Waals surface area contributed by atoms with E-state index in [-0.39, 0.29) is 6.10 Å². The summed E-state index contributed by atoms with van der Waals surface area (Å²) >= 11 is 0. The first-order valence-electron chi connectivity index (χ1n) is 10.8. The monoisotopic (exact) mass is 415 g/mol. The molecule has 0 spiro atoms. The molecule has 2 N–H and O–H groups in total. The highest BCUT2D eigenvalue weighted by Gasteiger charge is 2.37. The fraction of sp³-hybridized carbons (Fsp3) is 0.269. The first kappa shape index (κ1) is 21.1. The number of amides is 1. The van der Waals surface area contributed by atoms with E-state index in [9.17, 15) is 4.79 Å². The van der Waals surface area contributed by atoms with Crippen LogP contribution in [0.2, 0.25) is 0 Å².